The summed E-state index contributed by atoms with van der Waals surface area (Å²) in [6.45, 7) is 4.96. The van der Waals surface area contributed by atoms with E-state index in [1.165, 1.54) is 26.9 Å². The average Bonchev–Trinajstić information content (AvgIpc) is 2.92. The Bertz CT molecular complexity index is 306. The van der Waals surface area contributed by atoms with Crippen LogP contribution in [-0.4, -0.2) is 60.9 Å². The predicted octanol–water partition coefficient (Wildman–Crippen LogP) is 0.374. The first-order chi connectivity index (χ1) is 9.03. The zero-order valence-electron chi connectivity index (χ0n) is 12.0. The molecule has 2 aliphatic rings. The summed E-state index contributed by atoms with van der Waals surface area (Å²) in [5, 5.41) is 13.7. The van der Waals surface area contributed by atoms with Gasteiger partial charge in [0.05, 0.1) is 7.11 Å². The number of hydrogen-bond donors (Lipinski definition) is 2. The third kappa shape index (κ3) is 3.68. The van der Waals surface area contributed by atoms with E-state index in [9.17, 15) is 9.90 Å². The van der Waals surface area contributed by atoms with Crippen molar-refractivity contribution in [3.05, 3.63) is 0 Å². The minimum Gasteiger partial charge on any atom is -0.467 e. The zero-order valence-corrected chi connectivity index (χ0v) is 12.0. The number of aliphatic hydroxyl groups is 1. The summed E-state index contributed by atoms with van der Waals surface area (Å²) < 4.78 is 4.63. The van der Waals surface area contributed by atoms with Crippen molar-refractivity contribution in [2.45, 2.75) is 44.2 Å². The van der Waals surface area contributed by atoms with Crippen LogP contribution in [0.4, 0.5) is 0 Å². The average molecular weight is 270 g/mol. The number of rotatable bonds is 4. The third-order valence-electron chi connectivity index (χ3n) is 4.46. The number of carbonyl (C=O) groups is 1. The van der Waals surface area contributed by atoms with Gasteiger partial charge in [0.25, 0.3) is 0 Å². The summed E-state index contributed by atoms with van der Waals surface area (Å²) >= 11 is 0. The maximum atomic E-state index is 11.5. The standard InChI is InChI=1S/C14H26N2O3/c1-14(18,13(17)19-2)10-16-8-5-11(6-9-16)12-4-3-7-15-12/h11-12,15,18H,3-10H2,1-2H3. The summed E-state index contributed by atoms with van der Waals surface area (Å²) in [4.78, 5) is 13.6. The fraction of sp³-hybridized carbons (Fsp3) is 0.929. The molecule has 2 fully saturated rings. The maximum absolute atomic E-state index is 11.5. The van der Waals surface area contributed by atoms with Gasteiger partial charge >= 0.3 is 5.97 Å². The Kier molecular flexibility index (Phi) is 4.81. The van der Waals surface area contributed by atoms with Gasteiger partial charge in [-0.15, -0.1) is 0 Å². The van der Waals surface area contributed by atoms with Gasteiger partial charge in [-0.2, -0.15) is 0 Å². The molecule has 5 heteroatoms. The maximum Gasteiger partial charge on any atom is 0.338 e. The second kappa shape index (κ2) is 6.20. The van der Waals surface area contributed by atoms with Crippen LogP contribution in [0.2, 0.25) is 0 Å². The summed E-state index contributed by atoms with van der Waals surface area (Å²) in [6, 6.07) is 0.684. The quantitative estimate of drug-likeness (QED) is 0.723. The van der Waals surface area contributed by atoms with E-state index in [2.05, 4.69) is 15.0 Å². The van der Waals surface area contributed by atoms with Gasteiger partial charge in [-0.05, 0) is 58.2 Å². The molecule has 0 aliphatic carbocycles. The Morgan fingerprint density at radius 1 is 1.42 bits per heavy atom. The zero-order chi connectivity index (χ0) is 13.9. The Balaban J connectivity index is 1.78. The highest BCUT2D eigenvalue weighted by Gasteiger charge is 2.36. The lowest BCUT2D eigenvalue weighted by Gasteiger charge is -2.37. The SMILES string of the molecule is COC(=O)C(C)(O)CN1CCC(C2CCCN2)CC1. The van der Waals surface area contributed by atoms with Gasteiger partial charge in [0.1, 0.15) is 0 Å². The number of likely N-dealkylation sites (tertiary alicyclic amines) is 1. The van der Waals surface area contributed by atoms with Crippen LogP contribution in [0.5, 0.6) is 0 Å². The largest absolute Gasteiger partial charge is 0.467 e. The first-order valence-electron chi connectivity index (χ1n) is 7.29. The highest BCUT2D eigenvalue weighted by Crippen LogP contribution is 2.26. The molecule has 0 amide bonds. The predicted molar refractivity (Wildman–Crippen MR) is 72.8 cm³/mol. The molecule has 0 aromatic rings. The van der Waals surface area contributed by atoms with Crippen LogP contribution in [0.1, 0.15) is 32.6 Å². The van der Waals surface area contributed by atoms with E-state index in [0.29, 0.717) is 12.6 Å². The molecule has 5 nitrogen and oxygen atoms in total. The van der Waals surface area contributed by atoms with E-state index in [0.717, 1.165) is 38.4 Å². The first-order valence-corrected chi connectivity index (χ1v) is 7.29. The molecule has 110 valence electrons. The highest BCUT2D eigenvalue weighted by atomic mass is 16.5. The number of methoxy groups -OCH3 is 1. The van der Waals surface area contributed by atoms with Crippen molar-refractivity contribution in [3.63, 3.8) is 0 Å². The second-order valence-corrected chi connectivity index (χ2v) is 6.08. The molecular formula is C14H26N2O3. The molecule has 2 heterocycles. The van der Waals surface area contributed by atoms with E-state index in [4.69, 9.17) is 0 Å². The van der Waals surface area contributed by atoms with Gasteiger partial charge in [0.2, 0.25) is 0 Å². The van der Waals surface area contributed by atoms with Gasteiger partial charge < -0.3 is 15.2 Å². The molecule has 2 unspecified atom stereocenters. The second-order valence-electron chi connectivity index (χ2n) is 6.08. The van der Waals surface area contributed by atoms with Crippen LogP contribution in [0.15, 0.2) is 0 Å². The van der Waals surface area contributed by atoms with Crippen LogP contribution < -0.4 is 5.32 Å². The van der Waals surface area contributed by atoms with Gasteiger partial charge in [0.15, 0.2) is 5.60 Å². The van der Waals surface area contributed by atoms with E-state index >= 15 is 0 Å². The number of piperidine rings is 1. The number of nitrogens with zero attached hydrogens (tertiary/aromatic N) is 1. The van der Waals surface area contributed by atoms with Crippen molar-refractivity contribution in [2.75, 3.05) is 33.3 Å². The molecule has 2 atom stereocenters. The van der Waals surface area contributed by atoms with E-state index in [-0.39, 0.29) is 0 Å². The topological polar surface area (TPSA) is 61.8 Å². The number of hydrogen-bond acceptors (Lipinski definition) is 5. The van der Waals surface area contributed by atoms with Crippen LogP contribution in [0.25, 0.3) is 0 Å². The minimum atomic E-state index is -1.40. The van der Waals surface area contributed by atoms with Gasteiger partial charge in [0, 0.05) is 12.6 Å². The van der Waals surface area contributed by atoms with Crippen LogP contribution in [0, 0.1) is 5.92 Å². The molecule has 0 spiro atoms. The molecule has 0 bridgehead atoms. The van der Waals surface area contributed by atoms with Crippen molar-refractivity contribution in [1.29, 1.82) is 0 Å². The normalized spacial score (nSPS) is 29.1. The Morgan fingerprint density at radius 3 is 2.63 bits per heavy atom. The Hall–Kier alpha value is -0.650. The Morgan fingerprint density at radius 2 is 2.11 bits per heavy atom. The van der Waals surface area contributed by atoms with Gasteiger partial charge in [-0.1, -0.05) is 0 Å². The number of β-amino-alcohol motifs (C(OH)–C–C–N with tert-alkyl or cyclic N) is 1. The summed E-state index contributed by atoms with van der Waals surface area (Å²) in [6.07, 6.45) is 4.89. The Labute approximate surface area is 115 Å². The molecule has 0 radical (unpaired) electrons. The molecule has 0 aromatic heterocycles. The smallest absolute Gasteiger partial charge is 0.338 e. The molecular weight excluding hydrogens is 244 g/mol. The summed E-state index contributed by atoms with van der Waals surface area (Å²) in [5.41, 5.74) is -1.40. The number of esters is 1. The molecule has 0 aromatic carbocycles. The van der Waals surface area contributed by atoms with E-state index < -0.39 is 11.6 Å². The van der Waals surface area contributed by atoms with Crippen molar-refractivity contribution in [2.24, 2.45) is 5.92 Å². The van der Waals surface area contributed by atoms with Crippen LogP contribution >= 0.6 is 0 Å². The van der Waals surface area contributed by atoms with Crippen molar-refractivity contribution in [3.8, 4) is 0 Å². The van der Waals surface area contributed by atoms with Crippen molar-refractivity contribution >= 4 is 5.97 Å². The first kappa shape index (κ1) is 14.8. The monoisotopic (exact) mass is 270 g/mol. The fourth-order valence-electron chi connectivity index (χ4n) is 3.35. The number of carbonyl (C=O) groups excluding carboxylic acids is 1. The minimum absolute atomic E-state index is 0.366. The van der Waals surface area contributed by atoms with Crippen LogP contribution in [-0.2, 0) is 9.53 Å². The van der Waals surface area contributed by atoms with Crippen molar-refractivity contribution in [1.82, 2.24) is 10.2 Å². The fourth-order valence-corrected chi connectivity index (χ4v) is 3.35. The molecule has 2 saturated heterocycles. The molecule has 2 rings (SSSR count). The third-order valence-corrected chi connectivity index (χ3v) is 4.46. The molecule has 19 heavy (non-hydrogen) atoms. The lowest BCUT2D eigenvalue weighted by Crippen LogP contribution is -2.50. The number of nitrogens with one attached hydrogen (secondary N) is 1. The van der Waals surface area contributed by atoms with Crippen molar-refractivity contribution < 1.29 is 14.6 Å². The number of ether oxygens (including phenoxy) is 1. The lowest BCUT2D eigenvalue weighted by atomic mass is 9.88. The summed E-state index contributed by atoms with van der Waals surface area (Å²) in [5.74, 6) is 0.203. The lowest BCUT2D eigenvalue weighted by molar-refractivity contribution is -0.162. The van der Waals surface area contributed by atoms with E-state index in [1.807, 2.05) is 0 Å². The van der Waals surface area contributed by atoms with Crippen LogP contribution in [0.3, 0.4) is 0 Å². The highest BCUT2D eigenvalue weighted by molar-refractivity contribution is 5.78. The molecule has 2 N–H and O–H groups in total. The molecule has 2 aliphatic heterocycles. The van der Waals surface area contributed by atoms with Gasteiger partial charge in [-0.25, -0.2) is 4.79 Å². The van der Waals surface area contributed by atoms with E-state index in [1.54, 1.807) is 0 Å². The summed E-state index contributed by atoms with van der Waals surface area (Å²) in [7, 11) is 1.31. The molecule has 0 saturated carbocycles. The van der Waals surface area contributed by atoms with Gasteiger partial charge in [-0.3, -0.25) is 4.90 Å².